The summed E-state index contributed by atoms with van der Waals surface area (Å²) in [6.45, 7) is 6.03. The molecule has 3 rings (SSSR count). The van der Waals surface area contributed by atoms with Crippen molar-refractivity contribution in [2.75, 3.05) is 13.2 Å². The minimum atomic E-state index is -0.451. The summed E-state index contributed by atoms with van der Waals surface area (Å²) < 4.78 is 15.9. The lowest BCUT2D eigenvalue weighted by Crippen LogP contribution is -2.09. The molecule has 0 radical (unpaired) electrons. The van der Waals surface area contributed by atoms with E-state index in [4.69, 9.17) is 14.2 Å². The van der Waals surface area contributed by atoms with Crippen molar-refractivity contribution in [1.29, 1.82) is 0 Å². The Morgan fingerprint density at radius 3 is 2.00 bits per heavy atom. The van der Waals surface area contributed by atoms with Crippen LogP contribution in [-0.4, -0.2) is 25.2 Å². The summed E-state index contributed by atoms with van der Waals surface area (Å²) >= 11 is 0. The number of hydrogen-bond donors (Lipinski definition) is 0. The SMILES string of the molecule is C=CC(=O)OCCCOc1ccc(C(=O)Oc2ccc(-c3ccc(C)cc3)cc2)cc1. The Hall–Kier alpha value is -3.86. The van der Waals surface area contributed by atoms with E-state index in [1.54, 1.807) is 36.4 Å². The second-order valence-corrected chi connectivity index (χ2v) is 6.88. The van der Waals surface area contributed by atoms with Crippen molar-refractivity contribution in [1.82, 2.24) is 0 Å². The van der Waals surface area contributed by atoms with Crippen LogP contribution in [0.1, 0.15) is 22.3 Å². The summed E-state index contributed by atoms with van der Waals surface area (Å²) in [6, 6.07) is 22.4. The molecule has 0 heterocycles. The lowest BCUT2D eigenvalue weighted by molar-refractivity contribution is -0.137. The lowest BCUT2D eigenvalue weighted by atomic mass is 10.0. The average Bonchev–Trinajstić information content (AvgIpc) is 2.80. The Morgan fingerprint density at radius 1 is 0.806 bits per heavy atom. The maximum atomic E-state index is 12.4. The van der Waals surface area contributed by atoms with Crippen molar-refractivity contribution in [3.63, 3.8) is 0 Å². The van der Waals surface area contributed by atoms with Gasteiger partial charge in [-0.05, 0) is 54.4 Å². The van der Waals surface area contributed by atoms with Gasteiger partial charge in [0.05, 0.1) is 18.8 Å². The summed E-state index contributed by atoms with van der Waals surface area (Å²) in [5.74, 6) is 0.211. The number of esters is 2. The van der Waals surface area contributed by atoms with Gasteiger partial charge in [-0.25, -0.2) is 9.59 Å². The maximum Gasteiger partial charge on any atom is 0.343 e. The smallest absolute Gasteiger partial charge is 0.343 e. The molecule has 0 aliphatic rings. The molecule has 3 aromatic carbocycles. The fraction of sp³-hybridized carbons (Fsp3) is 0.154. The molecule has 31 heavy (non-hydrogen) atoms. The molecular weight excluding hydrogens is 392 g/mol. The first kappa shape index (κ1) is 21.8. The van der Waals surface area contributed by atoms with Crippen LogP contribution in [0, 0.1) is 6.92 Å². The Labute approximate surface area is 181 Å². The molecule has 158 valence electrons. The number of ether oxygens (including phenoxy) is 3. The maximum absolute atomic E-state index is 12.4. The van der Waals surface area contributed by atoms with Crippen LogP contribution >= 0.6 is 0 Å². The van der Waals surface area contributed by atoms with Gasteiger partial charge in [0.15, 0.2) is 0 Å². The van der Waals surface area contributed by atoms with Gasteiger partial charge < -0.3 is 14.2 Å². The van der Waals surface area contributed by atoms with Gasteiger partial charge in [0.25, 0.3) is 0 Å². The fourth-order valence-electron chi connectivity index (χ4n) is 2.80. The standard InChI is InChI=1S/C26H24O5/c1-3-25(27)30-18-4-17-29-23-13-11-22(12-14-23)26(28)31-24-15-9-21(10-16-24)20-7-5-19(2)6-8-20/h3,5-16H,1,4,17-18H2,2H3. The van der Waals surface area contributed by atoms with E-state index >= 15 is 0 Å². The van der Waals surface area contributed by atoms with E-state index in [2.05, 4.69) is 37.8 Å². The zero-order valence-corrected chi connectivity index (χ0v) is 17.4. The van der Waals surface area contributed by atoms with Gasteiger partial charge in [-0.2, -0.15) is 0 Å². The predicted molar refractivity (Wildman–Crippen MR) is 119 cm³/mol. The summed E-state index contributed by atoms with van der Waals surface area (Å²) in [5.41, 5.74) is 3.80. The first-order valence-corrected chi connectivity index (χ1v) is 9.96. The highest BCUT2D eigenvalue weighted by Gasteiger charge is 2.09. The molecule has 0 spiro atoms. The molecule has 0 amide bonds. The van der Waals surface area contributed by atoms with Gasteiger partial charge in [-0.3, -0.25) is 0 Å². The Balaban J connectivity index is 1.49. The molecule has 0 fully saturated rings. The highest BCUT2D eigenvalue weighted by atomic mass is 16.5. The van der Waals surface area contributed by atoms with Crippen molar-refractivity contribution in [2.24, 2.45) is 0 Å². The molecule has 3 aromatic rings. The van der Waals surface area contributed by atoms with Crippen LogP contribution in [0.15, 0.2) is 85.5 Å². The van der Waals surface area contributed by atoms with Crippen LogP contribution in [0.3, 0.4) is 0 Å². The number of hydrogen-bond acceptors (Lipinski definition) is 5. The molecule has 0 aliphatic heterocycles. The van der Waals surface area contributed by atoms with Gasteiger partial charge >= 0.3 is 11.9 Å². The quantitative estimate of drug-likeness (QED) is 0.203. The number of carbonyl (C=O) groups excluding carboxylic acids is 2. The highest BCUT2D eigenvalue weighted by molar-refractivity contribution is 5.91. The second-order valence-electron chi connectivity index (χ2n) is 6.88. The number of aryl methyl sites for hydroxylation is 1. The third kappa shape index (κ3) is 6.57. The molecule has 0 N–H and O–H groups in total. The van der Waals surface area contributed by atoms with Gasteiger partial charge in [0.2, 0.25) is 0 Å². The fourth-order valence-corrected chi connectivity index (χ4v) is 2.80. The van der Waals surface area contributed by atoms with Crippen LogP contribution < -0.4 is 9.47 Å². The highest BCUT2D eigenvalue weighted by Crippen LogP contribution is 2.23. The second kappa shape index (κ2) is 10.8. The Morgan fingerprint density at radius 2 is 1.39 bits per heavy atom. The molecule has 0 bridgehead atoms. The van der Waals surface area contributed by atoms with Gasteiger partial charge in [0.1, 0.15) is 11.5 Å². The van der Waals surface area contributed by atoms with Gasteiger partial charge in [0, 0.05) is 12.5 Å². The predicted octanol–water partition coefficient (Wildman–Crippen LogP) is 5.38. The van der Waals surface area contributed by atoms with Crippen LogP contribution in [0.5, 0.6) is 11.5 Å². The Bertz CT molecular complexity index is 1020. The van der Waals surface area contributed by atoms with Crippen molar-refractivity contribution in [3.05, 3.63) is 96.6 Å². The first-order chi connectivity index (χ1) is 15.0. The largest absolute Gasteiger partial charge is 0.493 e. The van der Waals surface area contributed by atoms with E-state index in [1.165, 1.54) is 5.56 Å². The van der Waals surface area contributed by atoms with Crippen LogP contribution in [0.25, 0.3) is 11.1 Å². The number of benzene rings is 3. The van der Waals surface area contributed by atoms with Crippen LogP contribution in [0.2, 0.25) is 0 Å². The van der Waals surface area contributed by atoms with E-state index in [1.807, 2.05) is 12.1 Å². The molecule has 5 nitrogen and oxygen atoms in total. The summed E-state index contributed by atoms with van der Waals surface area (Å²) in [4.78, 5) is 23.3. The summed E-state index contributed by atoms with van der Waals surface area (Å²) in [6.07, 6.45) is 1.68. The number of rotatable bonds is 9. The zero-order valence-electron chi connectivity index (χ0n) is 17.4. The van der Waals surface area contributed by atoms with Crippen LogP contribution in [-0.2, 0) is 9.53 Å². The molecule has 0 atom stereocenters. The summed E-state index contributed by atoms with van der Waals surface area (Å²) in [7, 11) is 0. The van der Waals surface area contributed by atoms with E-state index in [0.717, 1.165) is 17.2 Å². The van der Waals surface area contributed by atoms with E-state index < -0.39 is 11.9 Å². The molecule has 0 saturated heterocycles. The van der Waals surface area contributed by atoms with E-state index in [9.17, 15) is 9.59 Å². The average molecular weight is 416 g/mol. The Kier molecular flexibility index (Phi) is 7.60. The van der Waals surface area contributed by atoms with Gasteiger partial charge in [-0.1, -0.05) is 48.5 Å². The van der Waals surface area contributed by atoms with Crippen molar-refractivity contribution in [2.45, 2.75) is 13.3 Å². The summed E-state index contributed by atoms with van der Waals surface area (Å²) in [5, 5.41) is 0. The van der Waals surface area contributed by atoms with Crippen molar-refractivity contribution >= 4 is 11.9 Å². The third-order valence-corrected chi connectivity index (χ3v) is 4.51. The van der Waals surface area contributed by atoms with Crippen LogP contribution in [0.4, 0.5) is 0 Å². The zero-order chi connectivity index (χ0) is 22.1. The minimum absolute atomic E-state index is 0.262. The lowest BCUT2D eigenvalue weighted by Gasteiger charge is -2.08. The van der Waals surface area contributed by atoms with Crippen molar-refractivity contribution < 1.29 is 23.8 Å². The minimum Gasteiger partial charge on any atom is -0.493 e. The normalized spacial score (nSPS) is 10.2. The topological polar surface area (TPSA) is 61.8 Å². The first-order valence-electron chi connectivity index (χ1n) is 9.96. The monoisotopic (exact) mass is 416 g/mol. The molecular formula is C26H24O5. The van der Waals surface area contributed by atoms with Gasteiger partial charge in [-0.15, -0.1) is 0 Å². The molecule has 0 aromatic heterocycles. The van der Waals surface area contributed by atoms with E-state index in [0.29, 0.717) is 30.1 Å². The molecule has 0 unspecified atom stereocenters. The molecule has 0 aliphatic carbocycles. The number of carbonyl (C=O) groups is 2. The molecule has 0 saturated carbocycles. The van der Waals surface area contributed by atoms with E-state index in [-0.39, 0.29) is 6.61 Å². The third-order valence-electron chi connectivity index (χ3n) is 4.51. The van der Waals surface area contributed by atoms with Crippen molar-refractivity contribution in [3.8, 4) is 22.6 Å². The molecule has 5 heteroatoms.